The minimum Gasteiger partial charge on any atom is -0.466 e. The first-order chi connectivity index (χ1) is 31.5. The van der Waals surface area contributed by atoms with E-state index in [2.05, 4.69) is 43.5 Å². The second kappa shape index (κ2) is 53.7. The van der Waals surface area contributed by atoms with E-state index < -0.39 is 12.1 Å². The number of aliphatic hydroxyl groups excluding tert-OH is 2. The maximum atomic E-state index is 12.5. The molecule has 0 saturated carbocycles. The molecule has 6 heteroatoms. The first kappa shape index (κ1) is 62.1. The molecule has 0 bridgehead atoms. The van der Waals surface area contributed by atoms with Crippen molar-refractivity contribution < 1.29 is 24.5 Å². The summed E-state index contributed by atoms with van der Waals surface area (Å²) >= 11 is 0. The summed E-state index contributed by atoms with van der Waals surface area (Å²) in [6.45, 7) is 4.80. The van der Waals surface area contributed by atoms with Crippen LogP contribution in [0, 0.1) is 0 Å². The quantitative estimate of drug-likeness (QED) is 0.0321. The van der Waals surface area contributed by atoms with Gasteiger partial charge in [-0.2, -0.15) is 0 Å². The topological polar surface area (TPSA) is 95.9 Å². The fraction of sp³-hybridized carbons (Fsp3) is 0.862. The zero-order valence-corrected chi connectivity index (χ0v) is 42.8. The second-order valence-corrected chi connectivity index (χ2v) is 19.3. The van der Waals surface area contributed by atoms with Crippen molar-refractivity contribution in [3.63, 3.8) is 0 Å². The number of carbonyl (C=O) groups excluding carboxylic acids is 2. The van der Waals surface area contributed by atoms with E-state index in [1.807, 2.05) is 6.08 Å². The van der Waals surface area contributed by atoms with Crippen molar-refractivity contribution in [3.8, 4) is 0 Å². The molecule has 3 N–H and O–H groups in total. The third-order valence-corrected chi connectivity index (χ3v) is 12.9. The van der Waals surface area contributed by atoms with E-state index in [1.54, 1.807) is 6.08 Å². The van der Waals surface area contributed by atoms with Gasteiger partial charge in [-0.3, -0.25) is 9.59 Å². The van der Waals surface area contributed by atoms with E-state index in [4.69, 9.17) is 4.74 Å². The smallest absolute Gasteiger partial charge is 0.305 e. The number of rotatable bonds is 52. The van der Waals surface area contributed by atoms with Gasteiger partial charge in [0, 0.05) is 12.8 Å². The van der Waals surface area contributed by atoms with Crippen molar-refractivity contribution in [2.75, 3.05) is 13.2 Å². The van der Waals surface area contributed by atoms with Gasteiger partial charge in [-0.05, 0) is 57.8 Å². The Labute approximate surface area is 398 Å². The van der Waals surface area contributed by atoms with Gasteiger partial charge in [-0.15, -0.1) is 0 Å². The van der Waals surface area contributed by atoms with Gasteiger partial charge in [0.2, 0.25) is 5.91 Å². The number of unbranched alkanes of at least 4 members (excludes halogenated alkanes) is 37. The average molecular weight is 901 g/mol. The van der Waals surface area contributed by atoms with E-state index in [0.717, 1.165) is 70.6 Å². The third-order valence-electron chi connectivity index (χ3n) is 12.9. The summed E-state index contributed by atoms with van der Waals surface area (Å²) in [6, 6.07) is -0.644. The van der Waals surface area contributed by atoms with Crippen molar-refractivity contribution in [2.45, 2.75) is 309 Å². The first-order valence-electron chi connectivity index (χ1n) is 28.3. The molecule has 0 rings (SSSR count). The molecule has 0 fully saturated rings. The summed E-state index contributed by atoms with van der Waals surface area (Å²) in [4.78, 5) is 24.5. The Morgan fingerprint density at radius 2 is 0.812 bits per heavy atom. The number of allylic oxidation sites excluding steroid dienone is 5. The van der Waals surface area contributed by atoms with E-state index >= 15 is 0 Å². The molecule has 0 aromatic carbocycles. The highest BCUT2D eigenvalue weighted by molar-refractivity contribution is 5.76. The van der Waals surface area contributed by atoms with Crippen LogP contribution in [0.2, 0.25) is 0 Å². The Balaban J connectivity index is 3.51. The molecule has 2 unspecified atom stereocenters. The minimum atomic E-state index is -0.859. The molecule has 0 saturated heterocycles. The number of nitrogens with one attached hydrogen (secondary N) is 1. The van der Waals surface area contributed by atoms with Gasteiger partial charge in [-0.1, -0.05) is 262 Å². The van der Waals surface area contributed by atoms with Gasteiger partial charge in [0.25, 0.3) is 0 Å². The van der Waals surface area contributed by atoms with Crippen molar-refractivity contribution in [3.05, 3.63) is 36.5 Å². The van der Waals surface area contributed by atoms with Crippen LogP contribution in [0.1, 0.15) is 296 Å². The van der Waals surface area contributed by atoms with Crippen molar-refractivity contribution in [2.24, 2.45) is 0 Å². The lowest BCUT2D eigenvalue weighted by atomic mass is 10.0. The molecule has 6 nitrogen and oxygen atoms in total. The number of aliphatic hydroxyl groups is 2. The number of carbonyl (C=O) groups is 2. The molecule has 0 aliphatic rings. The molecule has 0 aliphatic carbocycles. The standard InChI is InChI=1S/C58H109NO5/c1-3-5-7-9-11-13-15-17-18-19-20-21-22-23-24-25-26-28-30-34-38-42-46-50-56(61)55(54-60)59-57(62)51-47-43-39-35-31-29-33-37-41-45-49-53-64-58(63)52-48-44-40-36-32-27-16-14-12-10-8-6-4-2/h8,10,14,16,46,50,55-56,60-61H,3-7,9,11-13,15,17-45,47-49,51-54H2,1-2H3,(H,59,62)/b10-8-,16-14-,50-46+. The molecular formula is C58H109NO5. The summed E-state index contributed by atoms with van der Waals surface area (Å²) < 4.78 is 5.44. The summed E-state index contributed by atoms with van der Waals surface area (Å²) in [6.07, 6.45) is 65.9. The molecule has 376 valence electrons. The van der Waals surface area contributed by atoms with Gasteiger partial charge < -0.3 is 20.3 Å². The average Bonchev–Trinajstić information content (AvgIpc) is 3.29. The lowest BCUT2D eigenvalue weighted by Crippen LogP contribution is -2.45. The van der Waals surface area contributed by atoms with E-state index in [9.17, 15) is 19.8 Å². The highest BCUT2D eigenvalue weighted by Crippen LogP contribution is 2.17. The van der Waals surface area contributed by atoms with Crippen molar-refractivity contribution in [1.82, 2.24) is 5.32 Å². The second-order valence-electron chi connectivity index (χ2n) is 19.3. The van der Waals surface area contributed by atoms with Crippen molar-refractivity contribution >= 4 is 11.9 Å². The minimum absolute atomic E-state index is 0.0305. The molecule has 0 radical (unpaired) electrons. The van der Waals surface area contributed by atoms with E-state index in [1.165, 1.54) is 199 Å². The lowest BCUT2D eigenvalue weighted by molar-refractivity contribution is -0.143. The third kappa shape index (κ3) is 49.5. The normalized spacial score (nSPS) is 12.9. The van der Waals surface area contributed by atoms with Crippen LogP contribution in [0.25, 0.3) is 0 Å². The zero-order valence-electron chi connectivity index (χ0n) is 42.8. The Bertz CT molecular complexity index is 1040. The molecule has 0 aromatic heterocycles. The first-order valence-corrected chi connectivity index (χ1v) is 28.3. The van der Waals surface area contributed by atoms with Crippen LogP contribution in [-0.4, -0.2) is 47.4 Å². The zero-order chi connectivity index (χ0) is 46.5. The predicted molar refractivity (Wildman–Crippen MR) is 278 cm³/mol. The monoisotopic (exact) mass is 900 g/mol. The number of amides is 1. The predicted octanol–water partition coefficient (Wildman–Crippen LogP) is 17.2. The molecule has 0 spiro atoms. The summed E-state index contributed by atoms with van der Waals surface area (Å²) in [5, 5.41) is 23.2. The summed E-state index contributed by atoms with van der Waals surface area (Å²) in [5.41, 5.74) is 0. The Morgan fingerprint density at radius 3 is 1.25 bits per heavy atom. The maximum absolute atomic E-state index is 12.5. The summed E-state index contributed by atoms with van der Waals surface area (Å²) in [7, 11) is 0. The number of ether oxygens (including phenoxy) is 1. The van der Waals surface area contributed by atoms with Gasteiger partial charge in [0.1, 0.15) is 0 Å². The van der Waals surface area contributed by atoms with Gasteiger partial charge >= 0.3 is 5.97 Å². The van der Waals surface area contributed by atoms with Crippen LogP contribution < -0.4 is 5.32 Å². The fourth-order valence-corrected chi connectivity index (χ4v) is 8.55. The Hall–Kier alpha value is -1.92. The largest absolute Gasteiger partial charge is 0.466 e. The van der Waals surface area contributed by atoms with Gasteiger partial charge in [0.05, 0.1) is 25.4 Å². The van der Waals surface area contributed by atoms with E-state index in [-0.39, 0.29) is 18.5 Å². The van der Waals surface area contributed by atoms with Crippen LogP contribution in [0.5, 0.6) is 0 Å². The number of hydrogen-bond acceptors (Lipinski definition) is 5. The van der Waals surface area contributed by atoms with Crippen LogP contribution in [0.3, 0.4) is 0 Å². The van der Waals surface area contributed by atoms with Crippen molar-refractivity contribution in [1.29, 1.82) is 0 Å². The van der Waals surface area contributed by atoms with E-state index in [0.29, 0.717) is 19.4 Å². The van der Waals surface area contributed by atoms with Gasteiger partial charge in [-0.25, -0.2) is 0 Å². The lowest BCUT2D eigenvalue weighted by Gasteiger charge is -2.20. The number of esters is 1. The van der Waals surface area contributed by atoms with Crippen LogP contribution >= 0.6 is 0 Å². The molecule has 64 heavy (non-hydrogen) atoms. The van der Waals surface area contributed by atoms with Crippen LogP contribution in [0.4, 0.5) is 0 Å². The molecule has 2 atom stereocenters. The molecular weight excluding hydrogens is 791 g/mol. The maximum Gasteiger partial charge on any atom is 0.305 e. The molecule has 1 amide bonds. The van der Waals surface area contributed by atoms with Gasteiger partial charge in [0.15, 0.2) is 0 Å². The molecule has 0 heterocycles. The molecule has 0 aromatic rings. The summed E-state index contributed by atoms with van der Waals surface area (Å²) in [5.74, 6) is -0.116. The highest BCUT2D eigenvalue weighted by Gasteiger charge is 2.18. The SMILES string of the molecule is CCC/C=C\C/C=C\CCCCCCCC(=O)OCCCCCCCCCCCCCC(=O)NC(CO)C(O)/C=C/CCCCCCCCCCCCCCCCCCCCCCC. The van der Waals surface area contributed by atoms with Crippen LogP contribution in [0.15, 0.2) is 36.5 Å². The number of hydrogen-bond donors (Lipinski definition) is 3. The fourth-order valence-electron chi connectivity index (χ4n) is 8.55. The Morgan fingerprint density at radius 1 is 0.438 bits per heavy atom. The molecule has 0 aliphatic heterocycles. The Kier molecular flexibility index (Phi) is 52.1. The highest BCUT2D eigenvalue weighted by atomic mass is 16.5. The van der Waals surface area contributed by atoms with Crippen LogP contribution in [-0.2, 0) is 14.3 Å².